The van der Waals surface area contributed by atoms with Gasteiger partial charge in [-0.1, -0.05) is 0 Å². The fourth-order valence-corrected chi connectivity index (χ4v) is 1.64. The summed E-state index contributed by atoms with van der Waals surface area (Å²) in [5.41, 5.74) is 0. The van der Waals surface area contributed by atoms with E-state index >= 15 is 0 Å². The van der Waals surface area contributed by atoms with E-state index in [1.807, 2.05) is 0 Å². The molecular weight excluding hydrogens is 220 g/mol. The van der Waals surface area contributed by atoms with Crippen LogP contribution in [0.15, 0.2) is 0 Å². The Hall–Kier alpha value is -1.13. The third-order valence-electron chi connectivity index (χ3n) is 2.48. The molecule has 1 aromatic rings. The van der Waals surface area contributed by atoms with Crippen LogP contribution >= 0.6 is 0 Å². The minimum Gasteiger partial charge on any atom is -0.394 e. The first-order chi connectivity index (χ1) is 7.57. The van der Waals surface area contributed by atoms with Crippen molar-refractivity contribution in [2.75, 3.05) is 6.61 Å². The number of hydrogen-bond acceptors (Lipinski definition) is 8. The van der Waals surface area contributed by atoms with Crippen LogP contribution in [0.1, 0.15) is 12.2 Å². The standard InChI is InChI=1S/C7H12N4O5/c12-2-4-5(14)3(13)1-7(15,16-4)6-8-10-11-9-6/h3-5,12-15H,1-2H2,(H,8,9,10,11)/t3-,4-,5+,7-/m1/s1. The number of aromatic amines is 1. The van der Waals surface area contributed by atoms with E-state index in [-0.39, 0.29) is 12.2 Å². The van der Waals surface area contributed by atoms with E-state index < -0.39 is 30.7 Å². The van der Waals surface area contributed by atoms with Crippen LogP contribution in [0.5, 0.6) is 0 Å². The first-order valence-corrected chi connectivity index (χ1v) is 4.68. The molecule has 5 N–H and O–H groups in total. The second-order valence-corrected chi connectivity index (χ2v) is 3.62. The number of aliphatic hydroxyl groups is 4. The molecule has 9 nitrogen and oxygen atoms in total. The monoisotopic (exact) mass is 232 g/mol. The first kappa shape index (κ1) is 11.4. The van der Waals surface area contributed by atoms with Crippen LogP contribution in [-0.4, -0.2) is 66.0 Å². The SMILES string of the molecule is OC[C@H]1O[C@@](O)(c2nn[nH]n2)C[C@@H](O)[C@@H]1O. The molecular formula is C7H12N4O5. The zero-order valence-corrected chi connectivity index (χ0v) is 8.19. The molecule has 90 valence electrons. The Balaban J connectivity index is 2.23. The average Bonchev–Trinajstić information content (AvgIpc) is 2.77. The van der Waals surface area contributed by atoms with E-state index in [9.17, 15) is 15.3 Å². The highest BCUT2D eigenvalue weighted by Crippen LogP contribution is 2.33. The smallest absolute Gasteiger partial charge is 0.234 e. The van der Waals surface area contributed by atoms with E-state index in [0.29, 0.717) is 0 Å². The summed E-state index contributed by atoms with van der Waals surface area (Å²) in [5, 5.41) is 50.4. The minimum absolute atomic E-state index is 0.156. The van der Waals surface area contributed by atoms with Gasteiger partial charge < -0.3 is 25.2 Å². The van der Waals surface area contributed by atoms with Crippen molar-refractivity contribution in [1.82, 2.24) is 20.6 Å². The van der Waals surface area contributed by atoms with E-state index in [4.69, 9.17) is 9.84 Å². The summed E-state index contributed by atoms with van der Waals surface area (Å²) in [6.07, 6.45) is -3.91. The van der Waals surface area contributed by atoms with Crippen LogP contribution in [0.3, 0.4) is 0 Å². The van der Waals surface area contributed by atoms with Crippen molar-refractivity contribution in [3.8, 4) is 0 Å². The summed E-state index contributed by atoms with van der Waals surface area (Å²) in [5.74, 6) is -2.11. The quantitative estimate of drug-likeness (QED) is 0.359. The number of tetrazole rings is 1. The van der Waals surface area contributed by atoms with Crippen molar-refractivity contribution in [2.24, 2.45) is 0 Å². The summed E-state index contributed by atoms with van der Waals surface area (Å²) in [7, 11) is 0. The van der Waals surface area contributed by atoms with E-state index in [0.717, 1.165) is 0 Å². The van der Waals surface area contributed by atoms with Crippen molar-refractivity contribution >= 4 is 0 Å². The Morgan fingerprint density at radius 3 is 2.81 bits per heavy atom. The number of aromatic nitrogens is 4. The largest absolute Gasteiger partial charge is 0.394 e. The van der Waals surface area contributed by atoms with Crippen LogP contribution < -0.4 is 0 Å². The van der Waals surface area contributed by atoms with Crippen LogP contribution in [-0.2, 0) is 10.5 Å². The highest BCUT2D eigenvalue weighted by molar-refractivity contribution is 4.98. The Labute approximate surface area is 89.7 Å². The molecule has 0 aliphatic carbocycles. The number of nitrogens with one attached hydrogen (secondary N) is 1. The molecule has 1 aliphatic heterocycles. The fraction of sp³-hybridized carbons (Fsp3) is 0.857. The van der Waals surface area contributed by atoms with Crippen molar-refractivity contribution < 1.29 is 25.2 Å². The lowest BCUT2D eigenvalue weighted by Gasteiger charge is -2.39. The minimum atomic E-state index is -1.96. The molecule has 16 heavy (non-hydrogen) atoms. The van der Waals surface area contributed by atoms with Gasteiger partial charge in [-0.15, -0.1) is 10.2 Å². The second-order valence-electron chi connectivity index (χ2n) is 3.62. The maximum absolute atomic E-state index is 10.0. The highest BCUT2D eigenvalue weighted by atomic mass is 16.6. The Kier molecular flexibility index (Phi) is 2.86. The predicted octanol–water partition coefficient (Wildman–Crippen LogP) is -3.15. The van der Waals surface area contributed by atoms with Gasteiger partial charge >= 0.3 is 0 Å². The second kappa shape index (κ2) is 4.03. The molecule has 9 heteroatoms. The third kappa shape index (κ3) is 1.79. The molecule has 1 fully saturated rings. The van der Waals surface area contributed by atoms with E-state index in [1.54, 1.807) is 0 Å². The fourth-order valence-electron chi connectivity index (χ4n) is 1.64. The number of H-pyrrole nitrogens is 1. The average molecular weight is 232 g/mol. The molecule has 0 spiro atoms. The summed E-state index contributed by atoms with van der Waals surface area (Å²) in [4.78, 5) is 0. The number of hydrogen-bond donors (Lipinski definition) is 5. The Morgan fingerprint density at radius 1 is 1.50 bits per heavy atom. The Bertz CT molecular complexity index is 347. The van der Waals surface area contributed by atoms with Gasteiger partial charge in [-0.05, 0) is 5.21 Å². The molecule has 2 heterocycles. The van der Waals surface area contributed by atoms with Crippen molar-refractivity contribution in [2.45, 2.75) is 30.5 Å². The number of aliphatic hydroxyl groups excluding tert-OH is 3. The van der Waals surface area contributed by atoms with Gasteiger partial charge in [-0.25, -0.2) is 0 Å². The predicted molar refractivity (Wildman–Crippen MR) is 46.7 cm³/mol. The zero-order chi connectivity index (χ0) is 11.8. The van der Waals surface area contributed by atoms with Gasteiger partial charge in [0.15, 0.2) is 0 Å². The van der Waals surface area contributed by atoms with Crippen LogP contribution in [0.2, 0.25) is 0 Å². The normalized spacial score (nSPS) is 39.9. The van der Waals surface area contributed by atoms with Gasteiger partial charge in [0.05, 0.1) is 12.7 Å². The molecule has 0 aromatic carbocycles. The molecule has 2 rings (SSSR count). The van der Waals surface area contributed by atoms with Crippen molar-refractivity contribution in [3.63, 3.8) is 0 Å². The van der Waals surface area contributed by atoms with Crippen molar-refractivity contribution in [1.29, 1.82) is 0 Å². The van der Waals surface area contributed by atoms with E-state index in [2.05, 4.69) is 20.6 Å². The van der Waals surface area contributed by atoms with Gasteiger partial charge in [0.1, 0.15) is 12.2 Å². The lowest BCUT2D eigenvalue weighted by Crippen LogP contribution is -2.54. The van der Waals surface area contributed by atoms with Crippen LogP contribution in [0, 0.1) is 0 Å². The molecule has 0 bridgehead atoms. The molecule has 0 saturated carbocycles. The Morgan fingerprint density at radius 2 is 2.25 bits per heavy atom. The summed E-state index contributed by atoms with van der Waals surface area (Å²) in [6.45, 7) is -0.543. The van der Waals surface area contributed by atoms with Gasteiger partial charge in [-0.3, -0.25) is 0 Å². The van der Waals surface area contributed by atoms with Gasteiger partial charge in [0.2, 0.25) is 11.6 Å². The maximum atomic E-state index is 10.0. The molecule has 0 radical (unpaired) electrons. The molecule has 0 amide bonds. The van der Waals surface area contributed by atoms with Gasteiger partial charge in [0, 0.05) is 6.42 Å². The van der Waals surface area contributed by atoms with Crippen molar-refractivity contribution in [3.05, 3.63) is 5.82 Å². The number of ether oxygens (including phenoxy) is 1. The highest BCUT2D eigenvalue weighted by Gasteiger charge is 2.48. The topological polar surface area (TPSA) is 145 Å². The van der Waals surface area contributed by atoms with Crippen LogP contribution in [0.25, 0.3) is 0 Å². The maximum Gasteiger partial charge on any atom is 0.234 e. The zero-order valence-electron chi connectivity index (χ0n) is 8.19. The van der Waals surface area contributed by atoms with Gasteiger partial charge in [-0.2, -0.15) is 5.21 Å². The lowest BCUT2D eigenvalue weighted by atomic mass is 9.95. The third-order valence-corrected chi connectivity index (χ3v) is 2.48. The summed E-state index contributed by atoms with van der Waals surface area (Å²) < 4.78 is 5.06. The first-order valence-electron chi connectivity index (χ1n) is 4.68. The lowest BCUT2D eigenvalue weighted by molar-refractivity contribution is -0.316. The molecule has 0 unspecified atom stereocenters. The summed E-state index contributed by atoms with van der Waals surface area (Å²) in [6, 6.07) is 0. The summed E-state index contributed by atoms with van der Waals surface area (Å²) >= 11 is 0. The molecule has 1 saturated heterocycles. The van der Waals surface area contributed by atoms with E-state index in [1.165, 1.54) is 0 Å². The number of rotatable bonds is 2. The molecule has 4 atom stereocenters. The molecule has 1 aliphatic rings. The molecule has 1 aromatic heterocycles. The van der Waals surface area contributed by atoms with Gasteiger partial charge in [0.25, 0.3) is 0 Å². The van der Waals surface area contributed by atoms with Crippen LogP contribution in [0.4, 0.5) is 0 Å². The number of nitrogens with zero attached hydrogens (tertiary/aromatic N) is 3.